The fourth-order valence-electron chi connectivity index (χ4n) is 4.32. The number of epoxide rings is 1. The Kier molecular flexibility index (Phi) is 10.3. The number of aliphatic hydroxyl groups excluding tert-OH is 1. The fraction of sp³-hybridized carbons (Fsp3) is 0.704. The van der Waals surface area contributed by atoms with E-state index in [0.29, 0.717) is 6.42 Å². The number of cyclic esters (lactones) is 1. The molecule has 198 valence electrons. The Hall–Kier alpha value is -2.00. The molecule has 0 aromatic carbocycles. The average molecular weight is 495 g/mol. The Bertz CT molecular complexity index is 825. The zero-order chi connectivity index (χ0) is 26.4. The maximum atomic E-state index is 12.5. The van der Waals surface area contributed by atoms with Crippen LogP contribution >= 0.6 is 0 Å². The Morgan fingerprint density at radius 1 is 1.31 bits per heavy atom. The monoisotopic (exact) mass is 494 g/mol. The minimum atomic E-state index is -1.41. The average Bonchev–Trinajstić information content (AvgIpc) is 3.49. The van der Waals surface area contributed by atoms with Crippen LogP contribution in [0.3, 0.4) is 0 Å². The summed E-state index contributed by atoms with van der Waals surface area (Å²) in [6, 6.07) is 0. The normalized spacial score (nSPS) is 37.5. The molecule has 8 nitrogen and oxygen atoms in total. The molecule has 0 aromatic rings. The molecule has 3 N–H and O–H groups in total. The molecule has 2 heterocycles. The van der Waals surface area contributed by atoms with Gasteiger partial charge in [0.05, 0.1) is 30.3 Å². The van der Waals surface area contributed by atoms with E-state index in [-0.39, 0.29) is 37.4 Å². The summed E-state index contributed by atoms with van der Waals surface area (Å²) in [6.45, 7) is 10.3. The molecule has 1 saturated heterocycles. The van der Waals surface area contributed by atoms with E-state index in [1.807, 2.05) is 13.8 Å². The van der Waals surface area contributed by atoms with E-state index in [2.05, 4.69) is 6.92 Å². The van der Waals surface area contributed by atoms with Crippen molar-refractivity contribution in [3.63, 3.8) is 0 Å². The first-order chi connectivity index (χ1) is 16.2. The van der Waals surface area contributed by atoms with Crippen molar-refractivity contribution in [3.05, 3.63) is 36.0 Å². The van der Waals surface area contributed by atoms with Gasteiger partial charge < -0.3 is 29.5 Å². The lowest BCUT2D eigenvalue weighted by Crippen LogP contribution is -2.42. The molecule has 8 heteroatoms. The summed E-state index contributed by atoms with van der Waals surface area (Å²) in [4.78, 5) is 24.1. The van der Waals surface area contributed by atoms with Crippen LogP contribution in [0.4, 0.5) is 0 Å². The maximum Gasteiger partial charge on any atom is 0.309 e. The van der Waals surface area contributed by atoms with Crippen LogP contribution in [0, 0.1) is 5.92 Å². The third kappa shape index (κ3) is 9.52. The van der Waals surface area contributed by atoms with Crippen molar-refractivity contribution < 1.29 is 39.1 Å². The van der Waals surface area contributed by atoms with Crippen LogP contribution in [0.15, 0.2) is 36.0 Å². The number of allylic oxidation sites excluding steroid dienone is 2. The molecule has 35 heavy (non-hydrogen) atoms. The molecule has 0 spiro atoms. The minimum absolute atomic E-state index is 0.0657. The van der Waals surface area contributed by atoms with Gasteiger partial charge in [-0.1, -0.05) is 38.2 Å². The first kappa shape index (κ1) is 29.2. The quantitative estimate of drug-likeness (QED) is 0.213. The molecular formula is C27H42O8. The topological polar surface area (TPSA) is 126 Å². The molecule has 8 atom stereocenters. The predicted octanol–water partition coefficient (Wildman–Crippen LogP) is 3.14. The third-order valence-electron chi connectivity index (χ3n) is 6.58. The van der Waals surface area contributed by atoms with Gasteiger partial charge in [0.25, 0.3) is 0 Å². The largest absolute Gasteiger partial charge is 0.457 e. The molecule has 2 aliphatic rings. The highest BCUT2D eigenvalue weighted by atomic mass is 16.6. The van der Waals surface area contributed by atoms with Crippen molar-refractivity contribution in [3.8, 4) is 0 Å². The smallest absolute Gasteiger partial charge is 0.309 e. The number of aliphatic hydroxyl groups is 3. The number of hydrogen-bond donors (Lipinski definition) is 3. The van der Waals surface area contributed by atoms with Crippen LogP contribution in [0.5, 0.6) is 0 Å². The van der Waals surface area contributed by atoms with Crippen LogP contribution in [0.1, 0.15) is 73.6 Å². The van der Waals surface area contributed by atoms with Crippen molar-refractivity contribution in [2.45, 2.75) is 115 Å². The molecule has 0 saturated carbocycles. The molecule has 2 aliphatic heterocycles. The summed E-state index contributed by atoms with van der Waals surface area (Å²) in [5.74, 6) is -1.39. The van der Waals surface area contributed by atoms with Crippen molar-refractivity contribution in [1.82, 2.24) is 0 Å². The Morgan fingerprint density at radius 2 is 2.00 bits per heavy atom. The zero-order valence-corrected chi connectivity index (χ0v) is 21.8. The number of rotatable bonds is 7. The van der Waals surface area contributed by atoms with Gasteiger partial charge in [0.1, 0.15) is 17.8 Å². The molecule has 1 fully saturated rings. The molecule has 0 bridgehead atoms. The summed E-state index contributed by atoms with van der Waals surface area (Å²) in [7, 11) is 0. The highest BCUT2D eigenvalue weighted by molar-refractivity contribution is 5.70. The van der Waals surface area contributed by atoms with Crippen LogP contribution in [-0.2, 0) is 23.8 Å². The predicted molar refractivity (Wildman–Crippen MR) is 131 cm³/mol. The van der Waals surface area contributed by atoms with Gasteiger partial charge in [-0.05, 0) is 51.7 Å². The van der Waals surface area contributed by atoms with E-state index in [0.717, 1.165) is 12.0 Å². The van der Waals surface area contributed by atoms with Crippen molar-refractivity contribution >= 4 is 11.9 Å². The van der Waals surface area contributed by atoms with E-state index in [1.165, 1.54) is 6.92 Å². The SMILES string of the molecule is CCC1OC1CC(C)(O)/C=C/C=C(\C)C1OC(=O)CC(O)CCC(C)(O)C(OC(C)=O)/C=C\C1C. The lowest BCUT2D eigenvalue weighted by atomic mass is 9.88. The van der Waals surface area contributed by atoms with Gasteiger partial charge >= 0.3 is 11.9 Å². The lowest BCUT2D eigenvalue weighted by molar-refractivity contribution is -0.157. The van der Waals surface area contributed by atoms with Crippen molar-refractivity contribution in [2.24, 2.45) is 5.92 Å². The van der Waals surface area contributed by atoms with E-state index in [1.54, 1.807) is 44.2 Å². The summed E-state index contributed by atoms with van der Waals surface area (Å²) >= 11 is 0. The van der Waals surface area contributed by atoms with Gasteiger partial charge in [0.2, 0.25) is 0 Å². The Balaban J connectivity index is 2.23. The third-order valence-corrected chi connectivity index (χ3v) is 6.58. The summed E-state index contributed by atoms with van der Waals surface area (Å²) < 4.78 is 16.6. The van der Waals surface area contributed by atoms with Crippen LogP contribution in [0.25, 0.3) is 0 Å². The Labute approximate surface area is 208 Å². The van der Waals surface area contributed by atoms with Crippen LogP contribution in [-0.4, -0.2) is 69.0 Å². The number of hydrogen-bond acceptors (Lipinski definition) is 8. The molecule has 0 aromatic heterocycles. The second-order valence-corrected chi connectivity index (χ2v) is 10.4. The first-order valence-corrected chi connectivity index (χ1v) is 12.4. The van der Waals surface area contributed by atoms with Gasteiger partial charge in [0, 0.05) is 19.3 Å². The van der Waals surface area contributed by atoms with Gasteiger partial charge in [0.15, 0.2) is 0 Å². The fourth-order valence-corrected chi connectivity index (χ4v) is 4.32. The molecule has 0 aliphatic carbocycles. The summed E-state index contributed by atoms with van der Waals surface area (Å²) in [6.07, 6.45) is 7.77. The minimum Gasteiger partial charge on any atom is -0.457 e. The van der Waals surface area contributed by atoms with Crippen molar-refractivity contribution in [1.29, 1.82) is 0 Å². The van der Waals surface area contributed by atoms with E-state index < -0.39 is 41.5 Å². The Morgan fingerprint density at radius 3 is 2.60 bits per heavy atom. The molecule has 2 rings (SSSR count). The number of carbonyl (C=O) groups is 2. The standard InChI is InChI=1S/C27H42O8/c1-7-21-22(34-21)16-26(5,31)13-8-9-17(2)25-18(3)10-11-23(33-19(4)28)27(6,32)14-12-20(29)15-24(30)35-25/h8-11,13,18,20-23,25,29,31-32H,7,12,14-16H2,1-6H3/b11-10-,13-8+,17-9+. The summed E-state index contributed by atoms with van der Waals surface area (Å²) in [5, 5.41) is 31.9. The highest BCUT2D eigenvalue weighted by Crippen LogP contribution is 2.33. The van der Waals surface area contributed by atoms with Crippen LogP contribution in [0.2, 0.25) is 0 Å². The molecule has 8 unspecified atom stereocenters. The van der Waals surface area contributed by atoms with Gasteiger partial charge in [-0.3, -0.25) is 9.59 Å². The lowest BCUT2D eigenvalue weighted by Gasteiger charge is -2.32. The molecule has 0 radical (unpaired) electrons. The first-order valence-electron chi connectivity index (χ1n) is 12.4. The van der Waals surface area contributed by atoms with E-state index in [9.17, 15) is 24.9 Å². The second-order valence-electron chi connectivity index (χ2n) is 10.4. The van der Waals surface area contributed by atoms with E-state index >= 15 is 0 Å². The van der Waals surface area contributed by atoms with Gasteiger partial charge in [-0.15, -0.1) is 0 Å². The van der Waals surface area contributed by atoms with Crippen LogP contribution < -0.4 is 0 Å². The molecule has 0 amide bonds. The zero-order valence-electron chi connectivity index (χ0n) is 21.8. The number of ether oxygens (including phenoxy) is 3. The maximum absolute atomic E-state index is 12.5. The highest BCUT2D eigenvalue weighted by Gasteiger charge is 2.41. The van der Waals surface area contributed by atoms with Gasteiger partial charge in [-0.25, -0.2) is 0 Å². The van der Waals surface area contributed by atoms with Crippen molar-refractivity contribution in [2.75, 3.05) is 0 Å². The second kappa shape index (κ2) is 12.3. The number of esters is 2. The molecular weight excluding hydrogens is 452 g/mol. The number of carbonyl (C=O) groups excluding carboxylic acids is 2. The van der Waals surface area contributed by atoms with Gasteiger partial charge in [-0.2, -0.15) is 0 Å². The summed E-state index contributed by atoms with van der Waals surface area (Å²) in [5.41, 5.74) is -1.71. The van der Waals surface area contributed by atoms with E-state index in [4.69, 9.17) is 14.2 Å².